The van der Waals surface area contributed by atoms with E-state index in [4.69, 9.17) is 24.8 Å². The van der Waals surface area contributed by atoms with E-state index in [9.17, 15) is 28.9 Å². The molecule has 59 heavy (non-hydrogen) atoms. The van der Waals surface area contributed by atoms with Crippen LogP contribution in [0.5, 0.6) is 0 Å². The number of carbonyl (C=O) groups is 3. The Labute approximate surface area is 353 Å². The summed E-state index contributed by atoms with van der Waals surface area (Å²) < 4.78 is 32.6. The molecule has 0 saturated carbocycles. The molecular weight excluding hydrogens is 773 g/mol. The smallest absolute Gasteiger partial charge is 0.472 e. The van der Waals surface area contributed by atoms with E-state index < -0.39 is 63.8 Å². The number of esters is 2. The van der Waals surface area contributed by atoms with Crippen molar-refractivity contribution in [1.29, 1.82) is 0 Å². The molecule has 5 N–H and O–H groups in total. The van der Waals surface area contributed by atoms with Gasteiger partial charge in [-0.25, -0.2) is 4.57 Å². The van der Waals surface area contributed by atoms with E-state index in [1.54, 1.807) is 6.08 Å². The number of rotatable bonds is 37. The number of nitrogens with two attached hydrogens (primary N) is 1. The third-order valence-corrected chi connectivity index (χ3v) is 9.12. The highest BCUT2D eigenvalue weighted by Crippen LogP contribution is 2.43. The number of hydrogen-bond acceptors (Lipinski definition) is 10. The second-order valence-electron chi connectivity index (χ2n) is 13.6. The minimum atomic E-state index is -4.75. The second kappa shape index (κ2) is 39.6. The van der Waals surface area contributed by atoms with E-state index in [0.717, 1.165) is 70.6 Å². The zero-order valence-corrected chi connectivity index (χ0v) is 36.3. The van der Waals surface area contributed by atoms with Crippen LogP contribution < -0.4 is 5.73 Å². The van der Waals surface area contributed by atoms with Gasteiger partial charge in [-0.15, -0.1) is 0 Å². The maximum absolute atomic E-state index is 12.6. The molecule has 1 unspecified atom stereocenters. The van der Waals surface area contributed by atoms with Gasteiger partial charge in [0.1, 0.15) is 12.6 Å². The van der Waals surface area contributed by atoms with Crippen LogP contribution in [0.25, 0.3) is 0 Å². The van der Waals surface area contributed by atoms with Gasteiger partial charge in [0.25, 0.3) is 0 Å². The molecule has 0 heterocycles. The third-order valence-electron chi connectivity index (χ3n) is 8.17. The van der Waals surface area contributed by atoms with Crippen molar-refractivity contribution >= 4 is 25.7 Å². The van der Waals surface area contributed by atoms with Crippen LogP contribution in [0.15, 0.2) is 109 Å². The number of ether oxygens (including phenoxy) is 2. The Balaban J connectivity index is 4.57. The zero-order valence-electron chi connectivity index (χ0n) is 35.4. The molecule has 0 amide bonds. The van der Waals surface area contributed by atoms with Gasteiger partial charge in [0.15, 0.2) is 6.10 Å². The first-order valence-electron chi connectivity index (χ1n) is 21.0. The van der Waals surface area contributed by atoms with Gasteiger partial charge in [0.2, 0.25) is 0 Å². The molecule has 0 spiro atoms. The van der Waals surface area contributed by atoms with E-state index in [0.29, 0.717) is 25.7 Å². The Bertz CT molecular complexity index is 1430. The lowest BCUT2D eigenvalue weighted by molar-refractivity contribution is -0.161. The Hall–Kier alpha value is -3.90. The predicted octanol–water partition coefficient (Wildman–Crippen LogP) is 10.0. The first-order valence-corrected chi connectivity index (χ1v) is 22.5. The number of carbonyl (C=O) groups excluding carboxylic acids is 2. The molecule has 0 aromatic carbocycles. The molecule has 0 aromatic rings. The van der Waals surface area contributed by atoms with Gasteiger partial charge < -0.3 is 30.3 Å². The van der Waals surface area contributed by atoms with E-state index in [1.165, 1.54) is 0 Å². The van der Waals surface area contributed by atoms with Crippen molar-refractivity contribution < 1.29 is 52.6 Å². The molecule has 0 rings (SSSR count). The Morgan fingerprint density at radius 3 is 1.66 bits per heavy atom. The summed E-state index contributed by atoms with van der Waals surface area (Å²) in [6.07, 6.45) is 48.2. The maximum atomic E-state index is 12.6. The van der Waals surface area contributed by atoms with Crippen molar-refractivity contribution in [3.05, 3.63) is 109 Å². The first-order chi connectivity index (χ1) is 28.5. The van der Waals surface area contributed by atoms with Gasteiger partial charge in [-0.2, -0.15) is 0 Å². The highest BCUT2D eigenvalue weighted by molar-refractivity contribution is 7.47. The SMILES string of the molecule is CC/C=C\C/C=C\C/C=C\C/C=C\CCCCCCC(=O)O[C@H](COC(=O)CCC/C=C\C/C=C\C/C=C\C/C=C\C=C\[C@@H](O)CC)COP(=O)(O)OC[C@H](N)C(=O)O. The lowest BCUT2D eigenvalue weighted by Gasteiger charge is -2.20. The lowest BCUT2D eigenvalue weighted by Crippen LogP contribution is -2.34. The number of aliphatic hydroxyl groups excluding tert-OH is 1. The molecule has 12 nitrogen and oxygen atoms in total. The summed E-state index contributed by atoms with van der Waals surface area (Å²) >= 11 is 0. The number of aliphatic carboxylic acids is 1. The van der Waals surface area contributed by atoms with Gasteiger partial charge in [-0.05, 0) is 83.5 Å². The summed E-state index contributed by atoms with van der Waals surface area (Å²) in [7, 11) is -4.75. The molecule has 0 bridgehead atoms. The third kappa shape index (κ3) is 39.3. The standard InChI is InChI=1S/C46H72NO11P/c1-3-5-6-7-8-9-10-11-12-13-14-19-22-25-28-31-34-37-45(50)58-42(39-56-59(53,54)57-40-43(47)46(51)52)38-55-44(49)36-33-30-27-24-21-18-16-15-17-20-23-26-29-32-35-41(48)4-2/h5-6,8-9,11-12,14,16-20,24,26-27,29,32,35,41-43,48H,3-4,7,10,13,15,21-23,25,28,30-31,33-34,36-40,47H2,1-2H3,(H,51,52)(H,53,54)/b6-5-,9-8-,12-11-,18-16-,19-14-,20-17-,27-24-,29-26-,35-32+/t41-,42+,43-/m0/s1. The number of carboxylic acid groups (broad SMARTS) is 1. The fourth-order valence-electron chi connectivity index (χ4n) is 4.75. The Kier molecular flexibility index (Phi) is 36.9. The van der Waals surface area contributed by atoms with E-state index in [1.807, 2.05) is 37.3 Å². The number of aliphatic hydroxyl groups is 1. The molecule has 332 valence electrons. The number of hydrogen-bond donors (Lipinski definition) is 4. The van der Waals surface area contributed by atoms with Crippen LogP contribution in [0.1, 0.15) is 123 Å². The second-order valence-corrected chi connectivity index (χ2v) is 15.0. The summed E-state index contributed by atoms with van der Waals surface area (Å²) in [4.78, 5) is 45.9. The van der Waals surface area contributed by atoms with Crippen LogP contribution in [0.2, 0.25) is 0 Å². The molecule has 0 fully saturated rings. The Morgan fingerprint density at radius 1 is 0.610 bits per heavy atom. The van der Waals surface area contributed by atoms with Crippen molar-refractivity contribution in [2.24, 2.45) is 5.73 Å². The van der Waals surface area contributed by atoms with Crippen LogP contribution in [-0.2, 0) is 37.5 Å². The molecule has 0 aromatic heterocycles. The molecule has 0 aliphatic carbocycles. The number of allylic oxidation sites excluding steroid dienone is 17. The molecule has 4 atom stereocenters. The van der Waals surface area contributed by atoms with Gasteiger partial charge in [-0.1, -0.05) is 136 Å². The number of carboxylic acids is 1. The van der Waals surface area contributed by atoms with Gasteiger partial charge in [0.05, 0.1) is 19.3 Å². The average Bonchev–Trinajstić information content (AvgIpc) is 3.21. The summed E-state index contributed by atoms with van der Waals surface area (Å²) in [6, 6.07) is -1.55. The topological polar surface area (TPSA) is 192 Å². The first kappa shape index (κ1) is 55.1. The van der Waals surface area contributed by atoms with Crippen LogP contribution in [-0.4, -0.2) is 71.1 Å². The summed E-state index contributed by atoms with van der Waals surface area (Å²) in [5, 5.41) is 18.4. The van der Waals surface area contributed by atoms with Gasteiger partial charge >= 0.3 is 25.7 Å². The zero-order chi connectivity index (χ0) is 43.7. The van der Waals surface area contributed by atoms with Crippen LogP contribution in [0.3, 0.4) is 0 Å². The van der Waals surface area contributed by atoms with Crippen LogP contribution >= 0.6 is 7.82 Å². The van der Waals surface area contributed by atoms with Gasteiger partial charge in [0, 0.05) is 12.8 Å². The summed E-state index contributed by atoms with van der Waals surface area (Å²) in [5.74, 6) is -2.53. The average molecular weight is 846 g/mol. The number of unbranched alkanes of at least 4 members (excludes halogenated alkanes) is 5. The van der Waals surface area contributed by atoms with Gasteiger partial charge in [-0.3, -0.25) is 23.4 Å². The van der Waals surface area contributed by atoms with Crippen molar-refractivity contribution in [2.75, 3.05) is 19.8 Å². The van der Waals surface area contributed by atoms with Crippen molar-refractivity contribution in [1.82, 2.24) is 0 Å². The summed E-state index contributed by atoms with van der Waals surface area (Å²) in [5.41, 5.74) is 5.32. The van der Waals surface area contributed by atoms with Crippen molar-refractivity contribution in [2.45, 2.75) is 141 Å². The predicted molar refractivity (Wildman–Crippen MR) is 236 cm³/mol. The summed E-state index contributed by atoms with van der Waals surface area (Å²) in [6.45, 7) is 2.24. The minimum absolute atomic E-state index is 0.106. The largest absolute Gasteiger partial charge is 0.480 e. The van der Waals surface area contributed by atoms with E-state index in [-0.39, 0.29) is 12.8 Å². The normalized spacial score (nSPS) is 15.3. The molecular formula is C46H72NO11P. The van der Waals surface area contributed by atoms with E-state index >= 15 is 0 Å². The maximum Gasteiger partial charge on any atom is 0.472 e. The molecule has 0 radical (unpaired) electrons. The highest BCUT2D eigenvalue weighted by Gasteiger charge is 2.28. The van der Waals surface area contributed by atoms with Crippen LogP contribution in [0.4, 0.5) is 0 Å². The fourth-order valence-corrected chi connectivity index (χ4v) is 5.52. The minimum Gasteiger partial charge on any atom is -0.480 e. The number of phosphoric ester groups is 1. The highest BCUT2D eigenvalue weighted by atomic mass is 31.2. The lowest BCUT2D eigenvalue weighted by atomic mass is 10.1. The van der Waals surface area contributed by atoms with E-state index in [2.05, 4.69) is 84.4 Å². The number of phosphoric acid groups is 1. The Morgan fingerprint density at radius 2 is 1.10 bits per heavy atom. The molecule has 0 aliphatic rings. The fraction of sp³-hybridized carbons (Fsp3) is 0.543. The molecule has 0 saturated heterocycles. The monoisotopic (exact) mass is 845 g/mol. The van der Waals surface area contributed by atoms with Crippen molar-refractivity contribution in [3.8, 4) is 0 Å². The molecule has 13 heteroatoms. The quantitative estimate of drug-likeness (QED) is 0.0152. The molecule has 0 aliphatic heterocycles. The van der Waals surface area contributed by atoms with Crippen LogP contribution in [0, 0.1) is 0 Å². The van der Waals surface area contributed by atoms with Crippen molar-refractivity contribution in [3.63, 3.8) is 0 Å².